The summed E-state index contributed by atoms with van der Waals surface area (Å²) in [5, 5.41) is 5.65. The number of nitrogens with zero attached hydrogens (tertiary/aromatic N) is 4. The van der Waals surface area contributed by atoms with Crippen molar-refractivity contribution in [3.63, 3.8) is 0 Å². The molecule has 94 valence electrons. The molecule has 0 atom stereocenters. The monoisotopic (exact) mass is 239 g/mol. The first-order chi connectivity index (χ1) is 7.99. The normalized spacial score (nSPS) is 9.82. The summed E-state index contributed by atoms with van der Waals surface area (Å²) in [6.45, 7) is 2.72. The number of nitrogen functional groups attached to an aromatic ring is 1. The first kappa shape index (κ1) is 12.9. The van der Waals surface area contributed by atoms with E-state index >= 15 is 0 Å². The third-order valence-corrected chi connectivity index (χ3v) is 1.86. The maximum atomic E-state index is 11.2. The fourth-order valence-corrected chi connectivity index (χ4v) is 1.08. The average molecular weight is 239 g/mol. The van der Waals surface area contributed by atoms with Gasteiger partial charge in [-0.2, -0.15) is 15.0 Å². The second-order valence-corrected chi connectivity index (χ2v) is 3.62. The van der Waals surface area contributed by atoms with Crippen molar-refractivity contribution in [1.82, 2.24) is 25.2 Å². The summed E-state index contributed by atoms with van der Waals surface area (Å²) < 4.78 is 0. The van der Waals surface area contributed by atoms with E-state index in [2.05, 4.69) is 25.6 Å². The van der Waals surface area contributed by atoms with Gasteiger partial charge in [-0.1, -0.05) is 0 Å². The zero-order valence-electron chi connectivity index (χ0n) is 10.2. The third-order valence-electron chi connectivity index (χ3n) is 1.86. The van der Waals surface area contributed by atoms with Gasteiger partial charge in [0.25, 0.3) is 0 Å². The summed E-state index contributed by atoms with van der Waals surface area (Å²) in [5.41, 5.74) is 5.47. The highest BCUT2D eigenvalue weighted by Crippen LogP contribution is 2.00. The third kappa shape index (κ3) is 4.49. The van der Waals surface area contributed by atoms with Gasteiger partial charge >= 0.3 is 6.03 Å². The van der Waals surface area contributed by atoms with Crippen molar-refractivity contribution in [2.24, 2.45) is 0 Å². The molecule has 17 heavy (non-hydrogen) atoms. The zero-order valence-corrected chi connectivity index (χ0v) is 10.2. The lowest BCUT2D eigenvalue weighted by molar-refractivity contribution is 0.218. The highest BCUT2D eigenvalue weighted by atomic mass is 16.2. The fourth-order valence-electron chi connectivity index (χ4n) is 1.08. The van der Waals surface area contributed by atoms with E-state index in [4.69, 9.17) is 5.73 Å². The molecule has 1 aromatic heterocycles. The minimum absolute atomic E-state index is 0.141. The molecule has 8 heteroatoms. The van der Waals surface area contributed by atoms with Gasteiger partial charge in [0.2, 0.25) is 11.9 Å². The van der Waals surface area contributed by atoms with Crippen LogP contribution in [0.5, 0.6) is 0 Å². The van der Waals surface area contributed by atoms with Crippen molar-refractivity contribution in [2.45, 2.75) is 6.92 Å². The maximum absolute atomic E-state index is 11.2. The first-order valence-electron chi connectivity index (χ1n) is 5.16. The molecule has 0 unspecified atom stereocenters. The van der Waals surface area contributed by atoms with Crippen LogP contribution in [0, 0.1) is 6.92 Å². The number of nitrogens with two attached hydrogens (primary N) is 1. The van der Waals surface area contributed by atoms with Crippen molar-refractivity contribution < 1.29 is 4.79 Å². The minimum Gasteiger partial charge on any atom is -0.368 e. The molecule has 0 aromatic carbocycles. The molecule has 4 N–H and O–H groups in total. The van der Waals surface area contributed by atoms with Crippen molar-refractivity contribution in [3.05, 3.63) is 5.82 Å². The molecular formula is C9H17N7O. The summed E-state index contributed by atoms with van der Waals surface area (Å²) in [5.74, 6) is 1.14. The molecule has 0 aliphatic rings. The van der Waals surface area contributed by atoms with E-state index in [9.17, 15) is 4.79 Å². The quantitative estimate of drug-likeness (QED) is 0.608. The number of urea groups is 1. The average Bonchev–Trinajstić information content (AvgIpc) is 2.22. The van der Waals surface area contributed by atoms with Crippen molar-refractivity contribution in [3.8, 4) is 0 Å². The SMILES string of the molecule is Cc1nc(N)nc(NCCNC(=O)N(C)C)n1. The van der Waals surface area contributed by atoms with Gasteiger partial charge in [-0.25, -0.2) is 4.79 Å². The number of hydrogen-bond donors (Lipinski definition) is 3. The van der Waals surface area contributed by atoms with Crippen molar-refractivity contribution >= 4 is 17.9 Å². The number of carbonyl (C=O) groups excluding carboxylic acids is 1. The maximum Gasteiger partial charge on any atom is 0.316 e. The van der Waals surface area contributed by atoms with Crippen molar-refractivity contribution in [1.29, 1.82) is 0 Å². The van der Waals surface area contributed by atoms with Crippen LogP contribution < -0.4 is 16.4 Å². The lowest BCUT2D eigenvalue weighted by Gasteiger charge is -2.12. The number of hydrogen-bond acceptors (Lipinski definition) is 6. The number of rotatable bonds is 4. The van der Waals surface area contributed by atoms with E-state index in [0.717, 1.165) is 0 Å². The summed E-state index contributed by atoms with van der Waals surface area (Å²) in [6.07, 6.45) is 0. The van der Waals surface area contributed by atoms with Crippen molar-refractivity contribution in [2.75, 3.05) is 38.2 Å². The summed E-state index contributed by atoms with van der Waals surface area (Å²) in [6, 6.07) is -0.141. The van der Waals surface area contributed by atoms with Crippen LogP contribution in [0.2, 0.25) is 0 Å². The molecule has 2 amide bonds. The highest BCUT2D eigenvalue weighted by Gasteiger charge is 2.02. The number of anilines is 2. The Hall–Kier alpha value is -2.12. The Kier molecular flexibility index (Phi) is 4.44. The molecule has 0 saturated heterocycles. The molecule has 8 nitrogen and oxygen atoms in total. The summed E-state index contributed by atoms with van der Waals surface area (Å²) in [4.78, 5) is 24.5. The predicted octanol–water partition coefficient (Wildman–Crippen LogP) is -0.555. The number of amides is 2. The van der Waals surface area contributed by atoms with Gasteiger partial charge in [-0.05, 0) is 6.92 Å². The topological polar surface area (TPSA) is 109 Å². The van der Waals surface area contributed by atoms with Gasteiger partial charge in [-0.3, -0.25) is 0 Å². The molecule has 1 aromatic rings. The van der Waals surface area contributed by atoms with E-state index in [1.807, 2.05) is 0 Å². The Bertz CT molecular complexity index is 373. The van der Waals surface area contributed by atoms with Gasteiger partial charge < -0.3 is 21.3 Å². The Morgan fingerprint density at radius 3 is 2.59 bits per heavy atom. The van der Waals surface area contributed by atoms with Crippen LogP contribution >= 0.6 is 0 Å². The molecule has 0 spiro atoms. The lowest BCUT2D eigenvalue weighted by Crippen LogP contribution is -2.37. The Morgan fingerprint density at radius 1 is 1.29 bits per heavy atom. The first-order valence-corrected chi connectivity index (χ1v) is 5.16. The van der Waals surface area contributed by atoms with Gasteiger partial charge in [0.05, 0.1) is 0 Å². The minimum atomic E-state index is -0.141. The summed E-state index contributed by atoms with van der Waals surface area (Å²) >= 11 is 0. The number of aromatic nitrogens is 3. The van der Waals surface area contributed by atoms with E-state index in [-0.39, 0.29) is 12.0 Å². The lowest BCUT2D eigenvalue weighted by atomic mass is 10.6. The largest absolute Gasteiger partial charge is 0.368 e. The number of nitrogens with one attached hydrogen (secondary N) is 2. The van der Waals surface area contributed by atoms with E-state index in [0.29, 0.717) is 24.9 Å². The fraction of sp³-hybridized carbons (Fsp3) is 0.556. The van der Waals surface area contributed by atoms with Crippen LogP contribution in [-0.4, -0.2) is 53.1 Å². The van der Waals surface area contributed by atoms with E-state index < -0.39 is 0 Å². The second kappa shape index (κ2) is 5.83. The van der Waals surface area contributed by atoms with Crippen LogP contribution in [0.3, 0.4) is 0 Å². The van der Waals surface area contributed by atoms with Crippen LogP contribution in [0.15, 0.2) is 0 Å². The molecule has 0 bridgehead atoms. The van der Waals surface area contributed by atoms with Crippen LogP contribution in [-0.2, 0) is 0 Å². The molecule has 0 radical (unpaired) electrons. The molecule has 0 aliphatic carbocycles. The predicted molar refractivity (Wildman–Crippen MR) is 64.6 cm³/mol. The molecular weight excluding hydrogens is 222 g/mol. The van der Waals surface area contributed by atoms with Crippen LogP contribution in [0.1, 0.15) is 5.82 Å². The zero-order chi connectivity index (χ0) is 12.8. The van der Waals surface area contributed by atoms with Crippen LogP contribution in [0.4, 0.5) is 16.7 Å². The smallest absolute Gasteiger partial charge is 0.316 e. The summed E-state index contributed by atoms with van der Waals surface area (Å²) in [7, 11) is 3.36. The highest BCUT2D eigenvalue weighted by molar-refractivity contribution is 5.73. The van der Waals surface area contributed by atoms with Gasteiger partial charge in [0, 0.05) is 27.2 Å². The Labute approximate surface area is 99.6 Å². The Balaban J connectivity index is 2.33. The molecule has 1 heterocycles. The Morgan fingerprint density at radius 2 is 2.00 bits per heavy atom. The van der Waals surface area contributed by atoms with E-state index in [1.165, 1.54) is 4.90 Å². The number of carbonyl (C=O) groups is 1. The standard InChI is InChI=1S/C9H17N7O/c1-6-13-7(10)15-8(14-6)11-4-5-12-9(17)16(2)3/h4-5H2,1-3H3,(H,12,17)(H3,10,11,13,14,15). The van der Waals surface area contributed by atoms with Crippen LogP contribution in [0.25, 0.3) is 0 Å². The van der Waals surface area contributed by atoms with Gasteiger partial charge in [-0.15, -0.1) is 0 Å². The molecule has 1 rings (SSSR count). The number of aryl methyl sites for hydroxylation is 1. The molecule has 0 fully saturated rings. The van der Waals surface area contributed by atoms with E-state index in [1.54, 1.807) is 21.0 Å². The molecule has 0 aliphatic heterocycles. The van der Waals surface area contributed by atoms with Gasteiger partial charge in [0.1, 0.15) is 5.82 Å². The second-order valence-electron chi connectivity index (χ2n) is 3.62. The van der Waals surface area contributed by atoms with Gasteiger partial charge in [0.15, 0.2) is 0 Å². The molecule has 0 saturated carbocycles.